The monoisotopic (exact) mass is 295 g/mol. The van der Waals surface area contributed by atoms with Gasteiger partial charge >= 0.3 is 0 Å². The lowest BCUT2D eigenvalue weighted by Crippen LogP contribution is -2.14. The third-order valence-electron chi connectivity index (χ3n) is 4.47. The van der Waals surface area contributed by atoms with Crippen LogP contribution in [-0.4, -0.2) is 24.7 Å². The molecule has 0 amide bonds. The first-order chi connectivity index (χ1) is 10.8. The van der Waals surface area contributed by atoms with Crippen molar-refractivity contribution in [2.75, 3.05) is 0 Å². The number of para-hydroxylation sites is 2. The molecular formula is C17H21N5. The Kier molecular flexibility index (Phi) is 3.21. The van der Waals surface area contributed by atoms with E-state index in [1.165, 1.54) is 18.4 Å². The van der Waals surface area contributed by atoms with Crippen LogP contribution in [0.25, 0.3) is 11.0 Å². The number of aromatic nitrogens is 5. The largest absolute Gasteiger partial charge is 0.317 e. The van der Waals surface area contributed by atoms with E-state index in [9.17, 15) is 0 Å². The molecule has 114 valence electrons. The smallest absolute Gasteiger partial charge is 0.173 e. The molecule has 1 N–H and O–H groups in total. The maximum absolute atomic E-state index is 4.78. The molecule has 1 saturated carbocycles. The summed E-state index contributed by atoms with van der Waals surface area (Å²) >= 11 is 0. The van der Waals surface area contributed by atoms with Crippen LogP contribution in [0, 0.1) is 0 Å². The van der Waals surface area contributed by atoms with Crippen molar-refractivity contribution in [2.45, 2.75) is 51.5 Å². The lowest BCUT2D eigenvalue weighted by atomic mass is 10.2. The van der Waals surface area contributed by atoms with E-state index in [1.807, 2.05) is 6.07 Å². The highest BCUT2D eigenvalue weighted by Crippen LogP contribution is 2.38. The molecule has 0 aliphatic heterocycles. The van der Waals surface area contributed by atoms with Crippen LogP contribution in [0.4, 0.5) is 0 Å². The molecule has 5 heteroatoms. The van der Waals surface area contributed by atoms with Gasteiger partial charge in [-0.2, -0.15) is 5.10 Å². The maximum Gasteiger partial charge on any atom is 0.173 e. The van der Waals surface area contributed by atoms with Crippen molar-refractivity contribution in [2.24, 2.45) is 0 Å². The molecule has 1 aliphatic rings. The van der Waals surface area contributed by atoms with E-state index in [0.717, 1.165) is 35.8 Å². The fraction of sp³-hybridized carbons (Fsp3) is 0.471. The molecule has 3 aromatic rings. The first-order valence-corrected chi connectivity index (χ1v) is 8.19. The highest BCUT2D eigenvalue weighted by atomic mass is 15.3. The molecule has 0 bridgehead atoms. The second-order valence-corrected chi connectivity index (χ2v) is 6.02. The third-order valence-corrected chi connectivity index (χ3v) is 4.47. The summed E-state index contributed by atoms with van der Waals surface area (Å²) in [5.74, 6) is 3.65. The Hall–Kier alpha value is -2.17. The van der Waals surface area contributed by atoms with E-state index in [2.05, 4.69) is 46.8 Å². The first-order valence-electron chi connectivity index (χ1n) is 8.19. The fourth-order valence-corrected chi connectivity index (χ4v) is 3.15. The molecule has 4 rings (SSSR count). The van der Waals surface area contributed by atoms with Gasteiger partial charge in [0.25, 0.3) is 0 Å². The van der Waals surface area contributed by atoms with Crippen LogP contribution in [0.3, 0.4) is 0 Å². The van der Waals surface area contributed by atoms with Crippen LogP contribution in [0.15, 0.2) is 24.3 Å². The molecule has 1 atom stereocenters. The molecular weight excluding hydrogens is 274 g/mol. The van der Waals surface area contributed by atoms with Gasteiger partial charge in [-0.15, -0.1) is 0 Å². The quantitative estimate of drug-likeness (QED) is 0.782. The number of benzene rings is 1. The fourth-order valence-electron chi connectivity index (χ4n) is 3.15. The molecule has 1 aliphatic carbocycles. The predicted molar refractivity (Wildman–Crippen MR) is 85.9 cm³/mol. The number of aryl methyl sites for hydroxylation is 1. The van der Waals surface area contributed by atoms with Gasteiger partial charge < -0.3 is 4.57 Å². The Balaban J connectivity index is 1.82. The van der Waals surface area contributed by atoms with Crippen molar-refractivity contribution < 1.29 is 0 Å². The summed E-state index contributed by atoms with van der Waals surface area (Å²) in [5, 5.41) is 7.64. The molecule has 1 fully saturated rings. The van der Waals surface area contributed by atoms with Crippen molar-refractivity contribution in [3.8, 4) is 0 Å². The second kappa shape index (κ2) is 5.23. The zero-order valence-corrected chi connectivity index (χ0v) is 13.1. The number of nitrogens with zero attached hydrogens (tertiary/aromatic N) is 4. The zero-order valence-electron chi connectivity index (χ0n) is 13.1. The molecule has 0 radical (unpaired) electrons. The Morgan fingerprint density at radius 1 is 1.23 bits per heavy atom. The van der Waals surface area contributed by atoms with Crippen molar-refractivity contribution >= 4 is 11.0 Å². The van der Waals surface area contributed by atoms with Crippen LogP contribution in [-0.2, 0) is 6.42 Å². The van der Waals surface area contributed by atoms with Gasteiger partial charge in [-0.05, 0) is 31.4 Å². The van der Waals surface area contributed by atoms with Gasteiger partial charge in [0.05, 0.1) is 17.1 Å². The van der Waals surface area contributed by atoms with E-state index in [-0.39, 0.29) is 6.04 Å². The van der Waals surface area contributed by atoms with Gasteiger partial charge in [0.15, 0.2) is 5.82 Å². The minimum Gasteiger partial charge on any atom is -0.317 e. The molecule has 5 nitrogen and oxygen atoms in total. The molecule has 2 aromatic heterocycles. The molecule has 0 unspecified atom stereocenters. The Labute approximate surface area is 129 Å². The van der Waals surface area contributed by atoms with Gasteiger partial charge in [0.2, 0.25) is 0 Å². The summed E-state index contributed by atoms with van der Waals surface area (Å²) in [6.45, 7) is 4.34. The maximum atomic E-state index is 4.78. The molecule has 1 aromatic carbocycles. The average molecular weight is 295 g/mol. The summed E-state index contributed by atoms with van der Waals surface area (Å²) in [4.78, 5) is 9.54. The number of nitrogens with one attached hydrogen (secondary N) is 1. The Morgan fingerprint density at radius 2 is 2.05 bits per heavy atom. The summed E-state index contributed by atoms with van der Waals surface area (Å²) in [7, 11) is 0. The topological polar surface area (TPSA) is 59.4 Å². The van der Waals surface area contributed by atoms with Gasteiger partial charge in [0, 0.05) is 12.3 Å². The van der Waals surface area contributed by atoms with E-state index < -0.39 is 0 Å². The van der Waals surface area contributed by atoms with Crippen molar-refractivity contribution in [3.05, 3.63) is 41.7 Å². The normalized spacial score (nSPS) is 16.3. The Morgan fingerprint density at radius 3 is 2.77 bits per heavy atom. The zero-order chi connectivity index (χ0) is 15.1. The van der Waals surface area contributed by atoms with Crippen LogP contribution >= 0.6 is 0 Å². The minimum atomic E-state index is 0.145. The predicted octanol–water partition coefficient (Wildman–Crippen LogP) is 3.59. The van der Waals surface area contributed by atoms with Crippen LogP contribution in [0.2, 0.25) is 0 Å². The lowest BCUT2D eigenvalue weighted by molar-refractivity contribution is 0.530. The molecule has 0 saturated heterocycles. The van der Waals surface area contributed by atoms with Crippen LogP contribution in [0.5, 0.6) is 0 Å². The summed E-state index contributed by atoms with van der Waals surface area (Å²) in [6, 6.07) is 8.47. The first kappa shape index (κ1) is 13.5. The number of fused-ring (bicyclic) bond motifs is 1. The third kappa shape index (κ3) is 2.12. The number of aromatic amines is 1. The van der Waals surface area contributed by atoms with Crippen molar-refractivity contribution in [1.29, 1.82) is 0 Å². The van der Waals surface area contributed by atoms with Crippen LogP contribution < -0.4 is 0 Å². The average Bonchev–Trinajstić information content (AvgIpc) is 3.17. The highest BCUT2D eigenvalue weighted by molar-refractivity contribution is 5.76. The molecule has 0 spiro atoms. The Bertz CT molecular complexity index is 796. The van der Waals surface area contributed by atoms with E-state index >= 15 is 0 Å². The van der Waals surface area contributed by atoms with E-state index in [0.29, 0.717) is 5.92 Å². The van der Waals surface area contributed by atoms with Crippen molar-refractivity contribution in [3.63, 3.8) is 0 Å². The number of hydrogen-bond donors (Lipinski definition) is 1. The van der Waals surface area contributed by atoms with Gasteiger partial charge in [-0.3, -0.25) is 5.10 Å². The van der Waals surface area contributed by atoms with E-state index in [1.54, 1.807) is 0 Å². The number of hydrogen-bond acceptors (Lipinski definition) is 3. The van der Waals surface area contributed by atoms with Gasteiger partial charge in [-0.1, -0.05) is 26.0 Å². The number of imidazole rings is 1. The van der Waals surface area contributed by atoms with E-state index in [4.69, 9.17) is 9.97 Å². The summed E-state index contributed by atoms with van der Waals surface area (Å²) < 4.78 is 2.31. The summed E-state index contributed by atoms with van der Waals surface area (Å²) in [5.41, 5.74) is 2.22. The number of H-pyrrole nitrogens is 1. The van der Waals surface area contributed by atoms with Crippen molar-refractivity contribution in [1.82, 2.24) is 24.7 Å². The van der Waals surface area contributed by atoms with Gasteiger partial charge in [0.1, 0.15) is 11.6 Å². The molecule has 22 heavy (non-hydrogen) atoms. The number of rotatable bonds is 5. The van der Waals surface area contributed by atoms with Crippen LogP contribution in [0.1, 0.15) is 62.5 Å². The molecule has 2 heterocycles. The van der Waals surface area contributed by atoms with Gasteiger partial charge in [-0.25, -0.2) is 9.97 Å². The minimum absolute atomic E-state index is 0.145. The SMILES string of the molecule is CCc1nc2ccccc2n1[C@@H](CC)c1n[nH]c(C2CC2)n1. The standard InChI is InChI=1S/C17H21N5/c1-3-13(17-19-16(20-21-17)11-9-10-11)22-14-8-6-5-7-12(14)18-15(22)4-2/h5-8,11,13H,3-4,9-10H2,1-2H3,(H,19,20,21)/t13-/m0/s1. The summed E-state index contributed by atoms with van der Waals surface area (Å²) in [6.07, 6.45) is 4.33. The lowest BCUT2D eigenvalue weighted by Gasteiger charge is -2.17. The second-order valence-electron chi connectivity index (χ2n) is 6.02. The highest BCUT2D eigenvalue weighted by Gasteiger charge is 2.29.